The maximum Gasteiger partial charge on any atom is 0.255 e. The first-order valence-electron chi connectivity index (χ1n) is 11.0. The summed E-state index contributed by atoms with van der Waals surface area (Å²) in [7, 11) is 3.88. The summed E-state index contributed by atoms with van der Waals surface area (Å²) < 4.78 is 13.5. The summed E-state index contributed by atoms with van der Waals surface area (Å²) in [5, 5.41) is 2.84. The molecule has 0 aliphatic heterocycles. The molecule has 0 bridgehead atoms. The molecule has 0 fully saturated rings. The zero-order valence-electron chi connectivity index (χ0n) is 19.5. The molecule has 6 heteroatoms. The lowest BCUT2D eigenvalue weighted by molar-refractivity contribution is -0.133. The Morgan fingerprint density at radius 3 is 2.33 bits per heavy atom. The summed E-state index contributed by atoms with van der Waals surface area (Å²) in [5.74, 6) is -0.808. The average molecular weight is 448 g/mol. The number of nitrogens with zero attached hydrogens (tertiary/aromatic N) is 2. The van der Waals surface area contributed by atoms with Crippen molar-refractivity contribution in [3.63, 3.8) is 0 Å². The fourth-order valence-electron chi connectivity index (χ4n) is 3.80. The van der Waals surface area contributed by atoms with Gasteiger partial charge in [0.05, 0.1) is 6.04 Å². The molecule has 3 aromatic carbocycles. The zero-order valence-corrected chi connectivity index (χ0v) is 19.5. The molecule has 0 spiro atoms. The summed E-state index contributed by atoms with van der Waals surface area (Å²) in [6.07, 6.45) is 0.393. The van der Waals surface area contributed by atoms with Crippen molar-refractivity contribution in [2.75, 3.05) is 24.3 Å². The lowest BCUT2D eigenvalue weighted by atomic mass is 10.0. The number of halogens is 1. The van der Waals surface area contributed by atoms with E-state index in [1.807, 2.05) is 86.3 Å². The van der Waals surface area contributed by atoms with Gasteiger partial charge in [-0.1, -0.05) is 43.3 Å². The molecule has 1 unspecified atom stereocenters. The van der Waals surface area contributed by atoms with Gasteiger partial charge >= 0.3 is 0 Å². The van der Waals surface area contributed by atoms with E-state index in [1.54, 1.807) is 6.07 Å². The number of hydrogen-bond acceptors (Lipinski definition) is 3. The Balaban J connectivity index is 1.92. The molecule has 5 nitrogen and oxygen atoms in total. The van der Waals surface area contributed by atoms with Crippen LogP contribution < -0.4 is 10.2 Å². The van der Waals surface area contributed by atoms with Crippen LogP contribution in [0.5, 0.6) is 0 Å². The lowest BCUT2D eigenvalue weighted by Crippen LogP contribution is -2.33. The minimum Gasteiger partial charge on any atom is -0.377 e. The Bertz CT molecular complexity index is 1120. The van der Waals surface area contributed by atoms with Gasteiger partial charge < -0.3 is 15.1 Å². The third-order valence-electron chi connectivity index (χ3n) is 5.62. The fraction of sp³-hybridized carbons (Fsp3) is 0.259. The molecule has 0 aromatic heterocycles. The number of carbonyl (C=O) groups is 2. The second kappa shape index (κ2) is 10.8. The molecule has 1 N–H and O–H groups in total. The van der Waals surface area contributed by atoms with Crippen molar-refractivity contribution >= 4 is 23.2 Å². The number of hydrogen-bond donors (Lipinski definition) is 1. The van der Waals surface area contributed by atoms with Gasteiger partial charge in [-0.15, -0.1) is 0 Å². The normalized spacial score (nSPS) is 11.5. The van der Waals surface area contributed by atoms with Crippen LogP contribution in [0, 0.1) is 5.82 Å². The van der Waals surface area contributed by atoms with Crippen molar-refractivity contribution in [1.29, 1.82) is 0 Å². The molecule has 2 amide bonds. The van der Waals surface area contributed by atoms with Gasteiger partial charge in [0.1, 0.15) is 5.82 Å². The highest BCUT2D eigenvalue weighted by molar-refractivity contribution is 6.04. The fourth-order valence-corrected chi connectivity index (χ4v) is 3.80. The number of amides is 2. The lowest BCUT2D eigenvalue weighted by Gasteiger charge is -2.31. The molecule has 0 radical (unpaired) electrons. The Labute approximate surface area is 194 Å². The van der Waals surface area contributed by atoms with Gasteiger partial charge in [-0.3, -0.25) is 9.59 Å². The van der Waals surface area contributed by atoms with Crippen LogP contribution >= 0.6 is 0 Å². The predicted molar refractivity (Wildman–Crippen MR) is 131 cm³/mol. The smallest absolute Gasteiger partial charge is 0.255 e. The van der Waals surface area contributed by atoms with Gasteiger partial charge in [0.2, 0.25) is 5.91 Å². The summed E-state index contributed by atoms with van der Waals surface area (Å²) in [5.41, 5.74) is 3.74. The van der Waals surface area contributed by atoms with Crippen LogP contribution in [0.3, 0.4) is 0 Å². The number of carbonyl (C=O) groups excluding carboxylic acids is 2. The molecule has 0 saturated carbocycles. The van der Waals surface area contributed by atoms with Gasteiger partial charge in [0.25, 0.3) is 5.91 Å². The topological polar surface area (TPSA) is 52.7 Å². The Morgan fingerprint density at radius 1 is 0.970 bits per heavy atom. The maximum absolute atomic E-state index is 13.5. The second-order valence-corrected chi connectivity index (χ2v) is 8.16. The number of anilines is 2. The van der Waals surface area contributed by atoms with Crippen LogP contribution in [-0.2, 0) is 11.3 Å². The molecule has 3 rings (SSSR count). The predicted octanol–water partition coefficient (Wildman–Crippen LogP) is 5.64. The third-order valence-corrected chi connectivity index (χ3v) is 5.62. The molecule has 0 aliphatic carbocycles. The van der Waals surface area contributed by atoms with Crippen LogP contribution in [0.2, 0.25) is 0 Å². The van der Waals surface area contributed by atoms with Crippen molar-refractivity contribution < 1.29 is 14.0 Å². The number of rotatable bonds is 8. The number of nitrogens with one attached hydrogen (secondary N) is 1. The average Bonchev–Trinajstić information content (AvgIpc) is 2.82. The van der Waals surface area contributed by atoms with Crippen LogP contribution in [0.15, 0.2) is 72.8 Å². The molecule has 1 atom stereocenters. The summed E-state index contributed by atoms with van der Waals surface area (Å²) >= 11 is 0. The Hall–Kier alpha value is -3.67. The minimum absolute atomic E-state index is 0.0465. The van der Waals surface area contributed by atoms with Crippen molar-refractivity contribution in [3.8, 4) is 0 Å². The van der Waals surface area contributed by atoms with Gasteiger partial charge in [-0.25, -0.2) is 4.39 Å². The van der Waals surface area contributed by atoms with Crippen LogP contribution in [0.1, 0.15) is 47.8 Å². The van der Waals surface area contributed by atoms with Crippen molar-refractivity contribution in [1.82, 2.24) is 4.90 Å². The van der Waals surface area contributed by atoms with Crippen LogP contribution in [0.25, 0.3) is 0 Å². The first-order valence-corrected chi connectivity index (χ1v) is 11.0. The van der Waals surface area contributed by atoms with Crippen LogP contribution in [0.4, 0.5) is 15.8 Å². The van der Waals surface area contributed by atoms with Gasteiger partial charge in [0, 0.05) is 44.0 Å². The van der Waals surface area contributed by atoms with E-state index >= 15 is 0 Å². The number of benzene rings is 3. The zero-order chi connectivity index (χ0) is 24.0. The van der Waals surface area contributed by atoms with Crippen LogP contribution in [-0.4, -0.2) is 30.8 Å². The van der Waals surface area contributed by atoms with E-state index in [0.717, 1.165) is 16.8 Å². The van der Waals surface area contributed by atoms with E-state index in [-0.39, 0.29) is 17.5 Å². The van der Waals surface area contributed by atoms with E-state index < -0.39 is 11.7 Å². The first kappa shape index (κ1) is 24.0. The van der Waals surface area contributed by atoms with E-state index in [4.69, 9.17) is 0 Å². The molecule has 172 valence electrons. The highest BCUT2D eigenvalue weighted by Crippen LogP contribution is 2.29. The molecular formula is C27H30FN3O2. The summed E-state index contributed by atoms with van der Waals surface area (Å²) in [6, 6.07) is 21.0. The minimum atomic E-state index is -0.463. The molecule has 33 heavy (non-hydrogen) atoms. The monoisotopic (exact) mass is 447 g/mol. The highest BCUT2D eigenvalue weighted by Gasteiger charge is 2.22. The summed E-state index contributed by atoms with van der Waals surface area (Å²) in [4.78, 5) is 29.4. The van der Waals surface area contributed by atoms with E-state index in [0.29, 0.717) is 18.7 Å². The van der Waals surface area contributed by atoms with E-state index in [1.165, 1.54) is 18.2 Å². The van der Waals surface area contributed by atoms with E-state index in [9.17, 15) is 14.0 Å². The molecule has 0 aliphatic rings. The Morgan fingerprint density at radius 2 is 1.70 bits per heavy atom. The molecular weight excluding hydrogens is 417 g/mol. The quantitative estimate of drug-likeness (QED) is 0.486. The van der Waals surface area contributed by atoms with Gasteiger partial charge in [-0.05, 0) is 54.4 Å². The summed E-state index contributed by atoms with van der Waals surface area (Å²) in [6.45, 7) is 4.27. The van der Waals surface area contributed by atoms with Crippen molar-refractivity contribution in [2.24, 2.45) is 0 Å². The molecule has 3 aromatic rings. The van der Waals surface area contributed by atoms with E-state index in [2.05, 4.69) is 5.32 Å². The first-order chi connectivity index (χ1) is 15.8. The Kier molecular flexibility index (Phi) is 7.83. The second-order valence-electron chi connectivity index (χ2n) is 8.16. The highest BCUT2D eigenvalue weighted by atomic mass is 19.1. The van der Waals surface area contributed by atoms with Gasteiger partial charge in [0.15, 0.2) is 0 Å². The standard InChI is InChI=1S/C27H30FN3O2/c1-5-26(32)31(19(2)20-10-7-6-8-11-20)18-22-17-24(14-15-25(22)30(3)4)29-27(33)21-12-9-13-23(28)16-21/h6-17,19H,5,18H2,1-4H3,(H,29,33). The maximum atomic E-state index is 13.5. The SMILES string of the molecule is CCC(=O)N(Cc1cc(NC(=O)c2cccc(F)c2)ccc1N(C)C)C(C)c1ccccc1. The van der Waals surface area contributed by atoms with Crippen molar-refractivity contribution in [3.05, 3.63) is 95.3 Å². The largest absolute Gasteiger partial charge is 0.377 e. The molecule has 0 saturated heterocycles. The third kappa shape index (κ3) is 5.98. The van der Waals surface area contributed by atoms with Crippen molar-refractivity contribution in [2.45, 2.75) is 32.9 Å². The van der Waals surface area contributed by atoms with Gasteiger partial charge in [-0.2, -0.15) is 0 Å². The molecule has 0 heterocycles.